The van der Waals surface area contributed by atoms with E-state index in [-0.39, 0.29) is 27.8 Å². The number of hydrogen-bond acceptors (Lipinski definition) is 5. The van der Waals surface area contributed by atoms with Crippen LogP contribution in [0.5, 0.6) is 5.75 Å². The molecule has 1 spiro atoms. The van der Waals surface area contributed by atoms with Gasteiger partial charge in [0.15, 0.2) is 11.2 Å². The van der Waals surface area contributed by atoms with Gasteiger partial charge in [-0.25, -0.2) is 0 Å². The molecule has 1 unspecified atom stereocenters. The highest BCUT2D eigenvalue weighted by molar-refractivity contribution is 9.10. The molecule has 0 fully saturated rings. The van der Waals surface area contributed by atoms with E-state index in [9.17, 15) is 15.1 Å². The van der Waals surface area contributed by atoms with Gasteiger partial charge in [0.2, 0.25) is 5.69 Å². The van der Waals surface area contributed by atoms with E-state index in [1.165, 1.54) is 6.08 Å². The summed E-state index contributed by atoms with van der Waals surface area (Å²) in [5, 5.41) is 29.0. The molecule has 0 amide bonds. The molecule has 30 heavy (non-hydrogen) atoms. The molecule has 6 nitrogen and oxygen atoms in total. The lowest BCUT2D eigenvalue weighted by Crippen LogP contribution is -2.49. The van der Waals surface area contributed by atoms with Crippen LogP contribution >= 0.6 is 31.9 Å². The number of carbonyl (C=O) groups is 1. The maximum atomic E-state index is 13.7. The maximum absolute atomic E-state index is 13.7. The summed E-state index contributed by atoms with van der Waals surface area (Å²) >= 11 is 7.01. The molecule has 146 valence electrons. The molecule has 8 heteroatoms. The maximum Gasteiger partial charge on any atom is 0.257 e. The van der Waals surface area contributed by atoms with Crippen molar-refractivity contribution in [1.29, 1.82) is 0 Å². The molecule has 0 saturated carbocycles. The monoisotopic (exact) mass is 524 g/mol. The molecule has 1 N–H and O–H groups in total. The summed E-state index contributed by atoms with van der Waals surface area (Å²) < 4.78 is 6.58. The fraction of sp³-hybridized carbons (Fsp3) is 0.0455. The number of nitrogens with zero attached hydrogens (tertiary/aromatic N) is 2. The minimum Gasteiger partial charge on any atom is -0.507 e. The minimum absolute atomic E-state index is 0.0362. The van der Waals surface area contributed by atoms with Crippen molar-refractivity contribution >= 4 is 54.5 Å². The second kappa shape index (κ2) is 5.80. The van der Waals surface area contributed by atoms with Gasteiger partial charge in [0.05, 0.1) is 5.56 Å². The summed E-state index contributed by atoms with van der Waals surface area (Å²) in [4.78, 5) is 14.0. The lowest BCUT2D eigenvalue weighted by atomic mass is 9.61. The van der Waals surface area contributed by atoms with Gasteiger partial charge in [-0.15, -0.1) is 0 Å². The van der Waals surface area contributed by atoms with Crippen LogP contribution in [0.4, 0.5) is 0 Å². The first-order valence-corrected chi connectivity index (χ1v) is 10.6. The Morgan fingerprint density at radius 3 is 2.70 bits per heavy atom. The molecule has 1 aromatic heterocycles. The Kier molecular flexibility index (Phi) is 3.45. The van der Waals surface area contributed by atoms with E-state index in [1.807, 2.05) is 30.3 Å². The summed E-state index contributed by atoms with van der Waals surface area (Å²) in [6.45, 7) is 0. The Morgan fingerprint density at radius 2 is 1.87 bits per heavy atom. The van der Waals surface area contributed by atoms with Crippen molar-refractivity contribution in [3.63, 3.8) is 0 Å². The van der Waals surface area contributed by atoms with E-state index in [1.54, 1.807) is 18.2 Å². The number of rotatable bonds is 0. The van der Waals surface area contributed by atoms with Gasteiger partial charge < -0.3 is 10.3 Å². The van der Waals surface area contributed by atoms with Crippen molar-refractivity contribution in [2.75, 3.05) is 0 Å². The Balaban J connectivity index is 1.92. The minimum atomic E-state index is -1.45. The predicted molar refractivity (Wildman–Crippen MR) is 116 cm³/mol. The Bertz CT molecular complexity index is 1470. The molecule has 4 aromatic rings. The van der Waals surface area contributed by atoms with E-state index >= 15 is 0 Å². The number of phenols is 1. The zero-order valence-corrected chi connectivity index (χ0v) is 18.2. The molecule has 3 aromatic carbocycles. The van der Waals surface area contributed by atoms with Crippen LogP contribution in [0.15, 0.2) is 62.1 Å². The highest BCUT2D eigenvalue weighted by Crippen LogP contribution is 2.55. The number of phenolic OH excluding ortho intramolecular Hbond substituents is 1. The second-order valence-electron chi connectivity index (χ2n) is 7.32. The van der Waals surface area contributed by atoms with Crippen molar-refractivity contribution in [3.05, 3.63) is 85.1 Å². The van der Waals surface area contributed by atoms with Gasteiger partial charge in [-0.2, -0.15) is 0 Å². The summed E-state index contributed by atoms with van der Waals surface area (Å²) in [6.07, 6.45) is 3.22. The smallest absolute Gasteiger partial charge is 0.257 e. The summed E-state index contributed by atoms with van der Waals surface area (Å²) in [7, 11) is 0. The topological polar surface area (TPSA) is 90.3 Å². The van der Waals surface area contributed by atoms with Gasteiger partial charge in [-0.1, -0.05) is 50.1 Å². The van der Waals surface area contributed by atoms with Gasteiger partial charge in [0, 0.05) is 19.5 Å². The number of carbonyl (C=O) groups excluding carboxylic acids is 1. The number of allylic oxidation sites excluding steroid dienone is 1. The van der Waals surface area contributed by atoms with Crippen molar-refractivity contribution < 1.29 is 19.4 Å². The third-order valence-corrected chi connectivity index (χ3v) is 6.82. The molecule has 1 atom stereocenters. The zero-order valence-electron chi connectivity index (χ0n) is 15.0. The van der Waals surface area contributed by atoms with Crippen LogP contribution in [0.2, 0.25) is 0 Å². The second-order valence-corrected chi connectivity index (χ2v) is 9.15. The van der Waals surface area contributed by atoms with Gasteiger partial charge >= 0.3 is 0 Å². The van der Waals surface area contributed by atoms with Crippen LogP contribution in [-0.2, 0) is 10.2 Å². The molecule has 2 aliphatic rings. The first-order valence-electron chi connectivity index (χ1n) is 9.01. The molecular formula is C22H10Br2N2O4. The highest BCUT2D eigenvalue weighted by atomic mass is 79.9. The predicted octanol–water partition coefficient (Wildman–Crippen LogP) is 4.60. The number of hydrogen-bond donors (Lipinski definition) is 1. The Labute approximate surface area is 186 Å². The van der Waals surface area contributed by atoms with E-state index in [0.717, 1.165) is 19.9 Å². The van der Waals surface area contributed by atoms with Crippen LogP contribution in [0.25, 0.3) is 28.1 Å². The van der Waals surface area contributed by atoms with Gasteiger partial charge in [0.25, 0.3) is 5.69 Å². The van der Waals surface area contributed by atoms with Crippen molar-refractivity contribution in [3.8, 4) is 17.0 Å². The molecule has 0 bridgehead atoms. The SMILES string of the molecule is O=C1C=Cc2cc(Br)ccc2C12c1cc(Br)cc3ccc(O)c(c13)-c1no[n+]([O-])c12. The van der Waals surface area contributed by atoms with Crippen LogP contribution in [0, 0.1) is 5.21 Å². The van der Waals surface area contributed by atoms with Crippen LogP contribution in [0.3, 0.4) is 0 Å². The fourth-order valence-electron chi connectivity index (χ4n) is 4.77. The molecule has 0 aliphatic heterocycles. The average molecular weight is 526 g/mol. The summed E-state index contributed by atoms with van der Waals surface area (Å²) in [5.74, 6) is -0.314. The van der Waals surface area contributed by atoms with E-state index < -0.39 is 5.41 Å². The lowest BCUT2D eigenvalue weighted by Gasteiger charge is -2.37. The van der Waals surface area contributed by atoms with Crippen LogP contribution < -0.4 is 4.90 Å². The normalized spacial score (nSPS) is 18.7. The van der Waals surface area contributed by atoms with E-state index in [4.69, 9.17) is 4.63 Å². The number of halogens is 2. The fourth-order valence-corrected chi connectivity index (χ4v) is 5.62. The zero-order chi connectivity index (χ0) is 20.8. The summed E-state index contributed by atoms with van der Waals surface area (Å²) in [5.41, 5.74) is 1.19. The van der Waals surface area contributed by atoms with E-state index in [2.05, 4.69) is 37.0 Å². The molecular weight excluding hydrogens is 516 g/mol. The van der Waals surface area contributed by atoms with Gasteiger partial charge in [0.1, 0.15) is 5.75 Å². The Morgan fingerprint density at radius 1 is 1.03 bits per heavy atom. The third kappa shape index (κ3) is 2.00. The molecule has 1 heterocycles. The lowest BCUT2D eigenvalue weighted by molar-refractivity contribution is -0.809. The van der Waals surface area contributed by atoms with Crippen molar-refractivity contribution in [2.24, 2.45) is 0 Å². The largest absolute Gasteiger partial charge is 0.507 e. The van der Waals surface area contributed by atoms with E-state index in [0.29, 0.717) is 22.1 Å². The molecule has 6 rings (SSSR count). The highest BCUT2D eigenvalue weighted by Gasteiger charge is 2.57. The van der Waals surface area contributed by atoms with Gasteiger partial charge in [-0.3, -0.25) is 9.42 Å². The number of benzene rings is 3. The first kappa shape index (κ1) is 17.9. The Hall–Kier alpha value is -2.97. The number of ketones is 1. The van der Waals surface area contributed by atoms with Crippen molar-refractivity contribution in [2.45, 2.75) is 5.41 Å². The molecule has 2 aliphatic carbocycles. The standard InChI is InChI=1S/C22H10Br2N2O4/c23-12-3-4-14-10(7-12)2-6-17(28)22(14)15-9-13(24)8-11-1-5-16(27)19(18(11)15)20-21(22)26(29)30-25-20/h1-9,27H. The third-order valence-electron chi connectivity index (χ3n) is 5.87. The molecule has 0 radical (unpaired) electrons. The van der Waals surface area contributed by atoms with Crippen LogP contribution in [0.1, 0.15) is 22.4 Å². The van der Waals surface area contributed by atoms with Crippen molar-refractivity contribution in [1.82, 2.24) is 5.16 Å². The number of aromatic nitrogens is 2. The summed E-state index contributed by atoms with van der Waals surface area (Å²) in [6, 6.07) is 12.6. The average Bonchev–Trinajstić information content (AvgIpc) is 3.10. The first-order chi connectivity index (χ1) is 14.4. The van der Waals surface area contributed by atoms with Crippen LogP contribution in [-0.4, -0.2) is 16.0 Å². The van der Waals surface area contributed by atoms with Gasteiger partial charge in [-0.05, 0) is 63.4 Å². The molecule has 0 saturated heterocycles. The quantitative estimate of drug-likeness (QED) is 0.339. The number of fused-ring (bicyclic) bond motifs is 6. The number of aromatic hydroxyl groups is 1.